The van der Waals surface area contributed by atoms with Gasteiger partial charge in [0, 0.05) is 30.0 Å². The van der Waals surface area contributed by atoms with E-state index in [1.807, 2.05) is 12.1 Å². The second-order valence-corrected chi connectivity index (χ2v) is 4.30. The van der Waals surface area contributed by atoms with Crippen molar-refractivity contribution in [2.24, 2.45) is 5.11 Å². The molecule has 0 spiro atoms. The molecule has 0 radical (unpaired) electrons. The molecular weight excluding hydrogens is 273 g/mol. The van der Waals surface area contributed by atoms with Gasteiger partial charge in [-0.15, -0.1) is 0 Å². The molecule has 0 aliphatic heterocycles. The molecule has 1 aromatic carbocycles. The van der Waals surface area contributed by atoms with E-state index in [0.29, 0.717) is 0 Å². The van der Waals surface area contributed by atoms with E-state index in [1.54, 1.807) is 30.7 Å². The number of azide groups is 1. The van der Waals surface area contributed by atoms with Crippen molar-refractivity contribution in [3.05, 3.63) is 58.9 Å². The highest BCUT2D eigenvalue weighted by atomic mass is 19.1. The summed E-state index contributed by atoms with van der Waals surface area (Å²) in [7, 11) is 1.46. The zero-order valence-corrected chi connectivity index (χ0v) is 11.4. The van der Waals surface area contributed by atoms with Crippen molar-refractivity contribution in [2.45, 2.75) is 12.1 Å². The number of aromatic nitrogens is 2. The summed E-state index contributed by atoms with van der Waals surface area (Å²) in [5.74, 6) is 0. The fourth-order valence-electron chi connectivity index (χ4n) is 2.05. The third kappa shape index (κ3) is 3.53. The molecule has 0 saturated heterocycles. The van der Waals surface area contributed by atoms with Crippen molar-refractivity contribution in [1.29, 1.82) is 0 Å². The van der Waals surface area contributed by atoms with Crippen LogP contribution in [0.3, 0.4) is 0 Å². The van der Waals surface area contributed by atoms with Crippen molar-refractivity contribution in [3.63, 3.8) is 0 Å². The third-order valence-electron chi connectivity index (χ3n) is 3.06. The van der Waals surface area contributed by atoms with E-state index in [0.717, 1.165) is 16.8 Å². The highest BCUT2D eigenvalue weighted by molar-refractivity contribution is 5.58. The molecule has 2 rings (SSSR count). The Bertz CT molecular complexity index is 613. The summed E-state index contributed by atoms with van der Waals surface area (Å²) in [6.07, 6.45) is 4.25. The summed E-state index contributed by atoms with van der Waals surface area (Å²) in [6, 6.07) is 6.40. The zero-order chi connectivity index (χ0) is 15.1. The Kier molecular flexibility index (Phi) is 5.20. The lowest BCUT2D eigenvalue weighted by atomic mass is 10.0. The molecule has 1 heterocycles. The van der Waals surface area contributed by atoms with Gasteiger partial charge in [0.05, 0.1) is 24.0 Å². The molecule has 0 N–H and O–H groups in total. The normalized spacial score (nSPS) is 13.2. The van der Waals surface area contributed by atoms with E-state index in [-0.39, 0.29) is 0 Å². The Labute approximate surface area is 121 Å². The van der Waals surface area contributed by atoms with E-state index in [2.05, 4.69) is 20.0 Å². The molecular formula is C14H14FN5O. The van der Waals surface area contributed by atoms with Gasteiger partial charge < -0.3 is 4.74 Å². The van der Waals surface area contributed by atoms with Gasteiger partial charge in [0.1, 0.15) is 6.67 Å². The fourth-order valence-corrected chi connectivity index (χ4v) is 2.05. The number of methoxy groups -OCH3 is 1. The lowest BCUT2D eigenvalue weighted by Crippen LogP contribution is -2.20. The second-order valence-electron chi connectivity index (χ2n) is 4.30. The van der Waals surface area contributed by atoms with Crippen molar-refractivity contribution in [1.82, 2.24) is 9.97 Å². The van der Waals surface area contributed by atoms with E-state index in [1.165, 1.54) is 7.11 Å². The predicted molar refractivity (Wildman–Crippen MR) is 76.1 cm³/mol. The first-order chi connectivity index (χ1) is 10.3. The minimum Gasteiger partial charge on any atom is -0.376 e. The van der Waals surface area contributed by atoms with Gasteiger partial charge in [-0.05, 0) is 11.1 Å². The van der Waals surface area contributed by atoms with Crippen LogP contribution in [0.2, 0.25) is 0 Å². The number of rotatable bonds is 6. The van der Waals surface area contributed by atoms with E-state index in [4.69, 9.17) is 10.3 Å². The van der Waals surface area contributed by atoms with Gasteiger partial charge in [-0.2, -0.15) is 0 Å². The molecule has 6 nitrogen and oxygen atoms in total. The number of hydrogen-bond donors (Lipinski definition) is 0. The van der Waals surface area contributed by atoms with Crippen LogP contribution in [0, 0.1) is 0 Å². The highest BCUT2D eigenvalue weighted by Gasteiger charge is 2.22. The highest BCUT2D eigenvalue weighted by Crippen LogP contribution is 2.26. The van der Waals surface area contributed by atoms with Crippen LogP contribution in [0.5, 0.6) is 0 Å². The first-order valence-electron chi connectivity index (χ1n) is 6.29. The summed E-state index contributed by atoms with van der Waals surface area (Å²) in [5, 5.41) is 3.43. The lowest BCUT2D eigenvalue weighted by molar-refractivity contribution is 0.0722. The van der Waals surface area contributed by atoms with Gasteiger partial charge in [-0.25, -0.2) is 0 Å². The summed E-state index contributed by atoms with van der Waals surface area (Å²) >= 11 is 0. The maximum atomic E-state index is 12.9. The van der Waals surface area contributed by atoms with Crippen LogP contribution in [0.1, 0.15) is 11.7 Å². The van der Waals surface area contributed by atoms with E-state index >= 15 is 0 Å². The Morgan fingerprint density at radius 3 is 2.62 bits per heavy atom. The number of benzene rings is 1. The molecule has 0 unspecified atom stereocenters. The zero-order valence-electron chi connectivity index (χ0n) is 11.4. The second kappa shape index (κ2) is 7.33. The first-order valence-corrected chi connectivity index (χ1v) is 6.29. The Balaban J connectivity index is 2.26. The first kappa shape index (κ1) is 14.9. The minimum atomic E-state index is -0.887. The standard InChI is InChI=1S/C14H14FN5O/c1-21-14(12(8-15)19-20-16)11-4-2-10(3-5-11)13-9-17-6-7-18-13/h2-7,9,12,14H,8H2,1H3/t12-,14-/m1/s1. The van der Waals surface area contributed by atoms with Crippen molar-refractivity contribution in [2.75, 3.05) is 13.8 Å². The number of halogens is 1. The molecule has 0 saturated carbocycles. The third-order valence-corrected chi connectivity index (χ3v) is 3.06. The van der Waals surface area contributed by atoms with Crippen molar-refractivity contribution in [3.8, 4) is 11.3 Å². The van der Waals surface area contributed by atoms with Crippen LogP contribution in [-0.4, -0.2) is 29.8 Å². The van der Waals surface area contributed by atoms with Gasteiger partial charge >= 0.3 is 0 Å². The Morgan fingerprint density at radius 2 is 2.10 bits per heavy atom. The van der Waals surface area contributed by atoms with Crippen molar-refractivity contribution < 1.29 is 9.13 Å². The maximum absolute atomic E-state index is 12.9. The number of ether oxygens (including phenoxy) is 1. The molecule has 21 heavy (non-hydrogen) atoms. The van der Waals surface area contributed by atoms with E-state index in [9.17, 15) is 4.39 Å². The van der Waals surface area contributed by atoms with Crippen LogP contribution < -0.4 is 0 Å². The average Bonchev–Trinajstić information content (AvgIpc) is 2.56. The summed E-state index contributed by atoms with van der Waals surface area (Å²) < 4.78 is 18.2. The SMILES string of the molecule is CO[C@H](c1ccc(-c2cnccn2)cc1)[C@@H](CF)N=[N+]=[N-]. The quantitative estimate of drug-likeness (QED) is 0.463. The topological polar surface area (TPSA) is 83.8 Å². The number of alkyl halides is 1. The van der Waals surface area contributed by atoms with Gasteiger partial charge in [-0.1, -0.05) is 29.4 Å². The molecule has 0 aliphatic rings. The van der Waals surface area contributed by atoms with Crippen LogP contribution in [0.15, 0.2) is 48.0 Å². The molecule has 0 bridgehead atoms. The van der Waals surface area contributed by atoms with Gasteiger partial charge in [0.25, 0.3) is 0 Å². The molecule has 0 fully saturated rings. The summed E-state index contributed by atoms with van der Waals surface area (Å²) in [4.78, 5) is 10.9. The van der Waals surface area contributed by atoms with E-state index < -0.39 is 18.8 Å². The smallest absolute Gasteiger partial charge is 0.101 e. The summed E-state index contributed by atoms with van der Waals surface area (Å²) in [5.41, 5.74) is 10.8. The van der Waals surface area contributed by atoms with Gasteiger partial charge in [0.2, 0.25) is 0 Å². The fraction of sp³-hybridized carbons (Fsp3) is 0.286. The minimum absolute atomic E-state index is 0.623. The number of hydrogen-bond acceptors (Lipinski definition) is 4. The monoisotopic (exact) mass is 287 g/mol. The van der Waals surface area contributed by atoms with Crippen molar-refractivity contribution >= 4 is 0 Å². The lowest BCUT2D eigenvalue weighted by Gasteiger charge is -2.20. The maximum Gasteiger partial charge on any atom is 0.101 e. The van der Waals surface area contributed by atoms with Crippen LogP contribution in [0.25, 0.3) is 21.7 Å². The van der Waals surface area contributed by atoms with Crippen LogP contribution in [-0.2, 0) is 4.74 Å². The predicted octanol–water partition coefficient (Wildman–Crippen LogP) is 3.48. The van der Waals surface area contributed by atoms with Gasteiger partial charge in [0.15, 0.2) is 0 Å². The van der Waals surface area contributed by atoms with Crippen LogP contribution in [0.4, 0.5) is 4.39 Å². The molecule has 0 aliphatic carbocycles. The van der Waals surface area contributed by atoms with Gasteiger partial charge in [-0.3, -0.25) is 14.4 Å². The largest absolute Gasteiger partial charge is 0.376 e. The molecule has 7 heteroatoms. The summed E-state index contributed by atoms with van der Waals surface area (Å²) in [6.45, 7) is -0.783. The molecule has 2 atom stereocenters. The molecule has 1 aromatic heterocycles. The molecule has 108 valence electrons. The number of nitrogens with zero attached hydrogens (tertiary/aromatic N) is 5. The Morgan fingerprint density at radius 1 is 1.33 bits per heavy atom. The van der Waals surface area contributed by atoms with Crippen LogP contribution >= 0.6 is 0 Å². The average molecular weight is 287 g/mol. The molecule has 0 amide bonds. The molecule has 2 aromatic rings. The Hall–Kier alpha value is -2.50.